The van der Waals surface area contributed by atoms with Crippen molar-refractivity contribution in [1.82, 2.24) is 14.9 Å². The van der Waals surface area contributed by atoms with E-state index in [1.807, 2.05) is 61.5 Å². The van der Waals surface area contributed by atoms with Gasteiger partial charge in [0.05, 0.1) is 11.5 Å². The van der Waals surface area contributed by atoms with E-state index in [1.54, 1.807) is 0 Å². The van der Waals surface area contributed by atoms with Gasteiger partial charge in [0.15, 0.2) is 0 Å². The van der Waals surface area contributed by atoms with Crippen molar-refractivity contribution in [1.29, 1.82) is 0 Å². The number of nitrogen functional groups attached to an aromatic ring is 1. The second kappa shape index (κ2) is 9.38. The summed E-state index contributed by atoms with van der Waals surface area (Å²) in [6, 6.07) is 17.0. The van der Waals surface area contributed by atoms with E-state index in [9.17, 15) is 4.79 Å². The van der Waals surface area contributed by atoms with E-state index in [0.29, 0.717) is 5.16 Å². The maximum absolute atomic E-state index is 12.0. The van der Waals surface area contributed by atoms with E-state index >= 15 is 0 Å². The van der Waals surface area contributed by atoms with Crippen molar-refractivity contribution in [2.24, 2.45) is 5.10 Å². The number of hydrogen-bond acceptors (Lipinski definition) is 7. The van der Waals surface area contributed by atoms with Crippen LogP contribution in [0.4, 0.5) is 11.6 Å². The van der Waals surface area contributed by atoms with E-state index in [2.05, 4.69) is 42.0 Å². The minimum absolute atomic E-state index is 0.155. The lowest BCUT2D eigenvalue weighted by atomic mass is 10.1. The Morgan fingerprint density at radius 2 is 1.89 bits per heavy atom. The molecule has 0 aliphatic carbocycles. The number of nitrogens with zero attached hydrogens (tertiary/aromatic N) is 4. The topological polar surface area (TPSA) is 110 Å². The first-order valence-electron chi connectivity index (χ1n) is 8.27. The molecule has 1 heterocycles. The number of hydrogen-bond donors (Lipinski definition) is 3. The van der Waals surface area contributed by atoms with Gasteiger partial charge in [0.1, 0.15) is 0 Å². The zero-order valence-electron chi connectivity index (χ0n) is 15.0. The smallest absolute Gasteiger partial charge is 0.264 e. The maximum atomic E-state index is 12.0. The van der Waals surface area contributed by atoms with Crippen molar-refractivity contribution in [3.05, 3.63) is 64.6 Å². The average Bonchev–Trinajstić information content (AvgIpc) is 3.05. The van der Waals surface area contributed by atoms with Crippen molar-refractivity contribution in [3.63, 3.8) is 0 Å². The first kappa shape index (κ1) is 19.9. The standard InChI is InChI=1S/C18H18BrN7OS/c1-12(13-7-9-14(19)10-8-13)22-23-17-24-25-18(26(17)20)28-11-16(27)21-15-5-3-2-4-6-15/h2-10H,11,20H2,1H3,(H,21,27)(H,23,24)/b22-12+. The fourth-order valence-corrected chi connectivity index (χ4v) is 3.11. The summed E-state index contributed by atoms with van der Waals surface area (Å²) in [5.74, 6) is 6.27. The molecule has 0 fully saturated rings. The summed E-state index contributed by atoms with van der Waals surface area (Å²) in [6.45, 7) is 1.87. The molecule has 10 heteroatoms. The Kier molecular flexibility index (Phi) is 6.66. The van der Waals surface area contributed by atoms with Crippen molar-refractivity contribution >= 4 is 50.9 Å². The molecule has 0 atom stereocenters. The van der Waals surface area contributed by atoms with Gasteiger partial charge in [0.2, 0.25) is 11.1 Å². The number of thioether (sulfide) groups is 1. The van der Waals surface area contributed by atoms with Gasteiger partial charge in [-0.3, -0.25) is 4.79 Å². The number of para-hydroxylation sites is 1. The molecule has 8 nitrogen and oxygen atoms in total. The van der Waals surface area contributed by atoms with Crippen LogP contribution < -0.4 is 16.6 Å². The van der Waals surface area contributed by atoms with E-state index in [1.165, 1.54) is 16.4 Å². The number of rotatable bonds is 7. The summed E-state index contributed by atoms with van der Waals surface area (Å²) in [5, 5.41) is 15.4. The Morgan fingerprint density at radius 1 is 1.18 bits per heavy atom. The van der Waals surface area contributed by atoms with E-state index in [0.717, 1.165) is 21.4 Å². The number of aromatic nitrogens is 3. The zero-order chi connectivity index (χ0) is 19.9. The summed E-state index contributed by atoms with van der Waals surface area (Å²) < 4.78 is 2.26. The van der Waals surface area contributed by atoms with Gasteiger partial charge in [-0.2, -0.15) is 5.10 Å². The van der Waals surface area contributed by atoms with Crippen LogP contribution in [0.5, 0.6) is 0 Å². The molecule has 28 heavy (non-hydrogen) atoms. The second-order valence-corrected chi connectivity index (χ2v) is 7.55. The lowest BCUT2D eigenvalue weighted by molar-refractivity contribution is -0.113. The molecule has 0 aliphatic heterocycles. The zero-order valence-corrected chi connectivity index (χ0v) is 17.4. The van der Waals surface area contributed by atoms with Gasteiger partial charge >= 0.3 is 0 Å². The lowest BCUT2D eigenvalue weighted by Crippen LogP contribution is -2.17. The molecule has 0 radical (unpaired) electrons. The highest BCUT2D eigenvalue weighted by atomic mass is 79.9. The van der Waals surface area contributed by atoms with Gasteiger partial charge in [-0.15, -0.1) is 10.2 Å². The first-order valence-corrected chi connectivity index (χ1v) is 10.0. The van der Waals surface area contributed by atoms with Gasteiger partial charge in [-0.05, 0) is 36.8 Å². The normalized spacial score (nSPS) is 11.3. The highest BCUT2D eigenvalue weighted by molar-refractivity contribution is 9.10. The van der Waals surface area contributed by atoms with Crippen LogP contribution in [0.25, 0.3) is 0 Å². The quantitative estimate of drug-likeness (QED) is 0.216. The van der Waals surface area contributed by atoms with Gasteiger partial charge in [0.25, 0.3) is 5.95 Å². The van der Waals surface area contributed by atoms with Crippen LogP contribution in [-0.4, -0.2) is 32.2 Å². The van der Waals surface area contributed by atoms with Gasteiger partial charge in [-0.1, -0.05) is 58.0 Å². The second-order valence-electron chi connectivity index (χ2n) is 5.69. The van der Waals surface area contributed by atoms with E-state index in [-0.39, 0.29) is 17.6 Å². The van der Waals surface area contributed by atoms with Crippen LogP contribution in [0.3, 0.4) is 0 Å². The molecule has 1 aromatic heterocycles. The highest BCUT2D eigenvalue weighted by Gasteiger charge is 2.12. The molecular weight excluding hydrogens is 442 g/mol. The fourth-order valence-electron chi connectivity index (χ4n) is 2.19. The minimum Gasteiger partial charge on any atom is -0.334 e. The third kappa shape index (κ3) is 5.33. The number of nitrogens with two attached hydrogens (primary N) is 1. The van der Waals surface area contributed by atoms with Crippen molar-refractivity contribution in [3.8, 4) is 0 Å². The molecule has 2 aromatic carbocycles. The third-order valence-corrected chi connectivity index (χ3v) is 5.11. The summed E-state index contributed by atoms with van der Waals surface area (Å²) in [7, 11) is 0. The summed E-state index contributed by atoms with van der Waals surface area (Å²) in [4.78, 5) is 12.0. The Hall–Kier alpha value is -2.85. The van der Waals surface area contributed by atoms with Crippen LogP contribution in [0, 0.1) is 0 Å². The SMILES string of the molecule is C/C(=N\Nc1nnc(SCC(=O)Nc2ccccc2)n1N)c1ccc(Br)cc1. The van der Waals surface area contributed by atoms with E-state index < -0.39 is 0 Å². The van der Waals surface area contributed by atoms with Crippen LogP contribution in [0.1, 0.15) is 12.5 Å². The number of anilines is 2. The predicted octanol–water partition coefficient (Wildman–Crippen LogP) is 3.32. The number of hydrazone groups is 1. The Labute approximate surface area is 174 Å². The lowest BCUT2D eigenvalue weighted by Gasteiger charge is -2.05. The molecule has 0 saturated carbocycles. The molecule has 3 rings (SSSR count). The summed E-state index contributed by atoms with van der Waals surface area (Å²) in [5.41, 5.74) is 5.27. The Bertz CT molecular complexity index is 973. The molecule has 0 aliphatic rings. The summed E-state index contributed by atoms with van der Waals surface area (Å²) >= 11 is 4.59. The van der Waals surface area contributed by atoms with Crippen LogP contribution in [-0.2, 0) is 4.79 Å². The monoisotopic (exact) mass is 459 g/mol. The minimum atomic E-state index is -0.155. The number of nitrogens with one attached hydrogen (secondary N) is 2. The summed E-state index contributed by atoms with van der Waals surface area (Å²) in [6.07, 6.45) is 0. The van der Waals surface area contributed by atoms with Gasteiger partial charge in [0, 0.05) is 10.2 Å². The van der Waals surface area contributed by atoms with Crippen molar-refractivity contribution in [2.75, 3.05) is 22.3 Å². The first-order chi connectivity index (χ1) is 13.5. The Morgan fingerprint density at radius 3 is 2.61 bits per heavy atom. The molecule has 4 N–H and O–H groups in total. The van der Waals surface area contributed by atoms with Crippen molar-refractivity contribution in [2.45, 2.75) is 12.1 Å². The molecular formula is C18H18BrN7OS. The van der Waals surface area contributed by atoms with Crippen LogP contribution in [0.2, 0.25) is 0 Å². The van der Waals surface area contributed by atoms with Gasteiger partial charge < -0.3 is 11.2 Å². The number of carbonyl (C=O) groups is 1. The van der Waals surface area contributed by atoms with Crippen LogP contribution in [0.15, 0.2) is 69.3 Å². The predicted molar refractivity (Wildman–Crippen MR) is 116 cm³/mol. The van der Waals surface area contributed by atoms with Gasteiger partial charge in [-0.25, -0.2) is 10.1 Å². The highest BCUT2D eigenvalue weighted by Crippen LogP contribution is 2.17. The van der Waals surface area contributed by atoms with Crippen molar-refractivity contribution < 1.29 is 4.79 Å². The van der Waals surface area contributed by atoms with E-state index in [4.69, 9.17) is 5.84 Å². The maximum Gasteiger partial charge on any atom is 0.264 e. The molecule has 0 saturated heterocycles. The number of amides is 1. The number of benzene rings is 2. The molecule has 0 spiro atoms. The molecule has 144 valence electrons. The molecule has 0 bridgehead atoms. The van der Waals surface area contributed by atoms with Crippen LogP contribution >= 0.6 is 27.7 Å². The number of halogens is 1. The molecule has 0 unspecified atom stereocenters. The molecule has 3 aromatic rings. The number of carbonyl (C=O) groups excluding carboxylic acids is 1. The Balaban J connectivity index is 1.56. The third-order valence-electron chi connectivity index (χ3n) is 3.64. The largest absolute Gasteiger partial charge is 0.334 e. The molecule has 1 amide bonds. The fraction of sp³-hybridized carbons (Fsp3) is 0.111. The average molecular weight is 460 g/mol.